The fourth-order valence-corrected chi connectivity index (χ4v) is 2.46. The Morgan fingerprint density at radius 1 is 1.27 bits per heavy atom. The van der Waals surface area contributed by atoms with Crippen molar-refractivity contribution >= 4 is 34.3 Å². The summed E-state index contributed by atoms with van der Waals surface area (Å²) in [6.07, 6.45) is 1.82. The van der Waals surface area contributed by atoms with Crippen LogP contribution in [0.4, 0.5) is 0 Å². The van der Waals surface area contributed by atoms with Crippen molar-refractivity contribution in [2.24, 2.45) is 0 Å². The minimum absolute atomic E-state index is 0.722. The number of alkyl halides is 1. The lowest BCUT2D eigenvalue weighted by Gasteiger charge is -2.02. The SMILES string of the molecule is ClCCSCc1ccc2ncccc2c1. The molecule has 78 valence electrons. The van der Waals surface area contributed by atoms with Crippen molar-refractivity contribution in [1.82, 2.24) is 4.98 Å². The van der Waals surface area contributed by atoms with Crippen molar-refractivity contribution < 1.29 is 0 Å². The number of nitrogens with zero attached hydrogens (tertiary/aromatic N) is 1. The van der Waals surface area contributed by atoms with Crippen molar-refractivity contribution in [3.8, 4) is 0 Å². The Bertz CT molecular complexity index is 444. The van der Waals surface area contributed by atoms with Crippen LogP contribution in [0.3, 0.4) is 0 Å². The highest BCUT2D eigenvalue weighted by Crippen LogP contribution is 2.17. The molecule has 0 N–H and O–H groups in total. The summed E-state index contributed by atoms with van der Waals surface area (Å²) in [7, 11) is 0. The summed E-state index contributed by atoms with van der Waals surface area (Å²) in [6.45, 7) is 0. The number of aromatic nitrogens is 1. The molecule has 0 fully saturated rings. The van der Waals surface area contributed by atoms with E-state index in [1.165, 1.54) is 10.9 Å². The average molecular weight is 238 g/mol. The Hall–Kier alpha value is -0.730. The summed E-state index contributed by atoms with van der Waals surface area (Å²) in [5, 5.41) is 1.21. The lowest BCUT2D eigenvalue weighted by atomic mass is 10.1. The molecule has 1 aromatic heterocycles. The first-order valence-corrected chi connectivity index (χ1v) is 6.56. The minimum atomic E-state index is 0.722. The van der Waals surface area contributed by atoms with E-state index in [1.807, 2.05) is 24.0 Å². The fourth-order valence-electron chi connectivity index (χ4n) is 1.46. The van der Waals surface area contributed by atoms with Crippen LogP contribution in [0.1, 0.15) is 5.56 Å². The molecule has 1 aromatic carbocycles. The van der Waals surface area contributed by atoms with Gasteiger partial charge in [0, 0.05) is 29.0 Å². The monoisotopic (exact) mass is 237 g/mol. The van der Waals surface area contributed by atoms with Gasteiger partial charge in [-0.3, -0.25) is 4.98 Å². The molecule has 0 spiro atoms. The maximum absolute atomic E-state index is 5.63. The molecule has 2 aromatic rings. The molecule has 0 aliphatic carbocycles. The second-order valence-corrected chi connectivity index (χ2v) is 4.76. The normalized spacial score (nSPS) is 10.7. The van der Waals surface area contributed by atoms with Crippen molar-refractivity contribution in [3.63, 3.8) is 0 Å². The van der Waals surface area contributed by atoms with E-state index in [0.29, 0.717) is 0 Å². The summed E-state index contributed by atoms with van der Waals surface area (Å²) in [4.78, 5) is 4.29. The first-order chi connectivity index (χ1) is 7.40. The van der Waals surface area contributed by atoms with Gasteiger partial charge in [-0.1, -0.05) is 12.1 Å². The van der Waals surface area contributed by atoms with Crippen LogP contribution >= 0.6 is 23.4 Å². The van der Waals surface area contributed by atoms with E-state index in [2.05, 4.69) is 29.2 Å². The van der Waals surface area contributed by atoms with Gasteiger partial charge in [0.15, 0.2) is 0 Å². The Balaban J connectivity index is 2.16. The standard InChI is InChI=1S/C12H12ClNS/c13-5-7-15-9-10-3-4-12-11(8-10)2-1-6-14-12/h1-4,6,8H,5,7,9H2. The van der Waals surface area contributed by atoms with Crippen molar-refractivity contribution in [3.05, 3.63) is 42.1 Å². The van der Waals surface area contributed by atoms with Crippen LogP contribution in [-0.4, -0.2) is 16.6 Å². The second kappa shape index (κ2) is 5.38. The first kappa shape index (κ1) is 10.8. The van der Waals surface area contributed by atoms with E-state index >= 15 is 0 Å². The van der Waals surface area contributed by atoms with Crippen LogP contribution in [0.5, 0.6) is 0 Å². The van der Waals surface area contributed by atoms with Crippen LogP contribution < -0.4 is 0 Å². The van der Waals surface area contributed by atoms with Crippen LogP contribution in [0, 0.1) is 0 Å². The third-order valence-corrected chi connectivity index (χ3v) is 3.60. The highest BCUT2D eigenvalue weighted by molar-refractivity contribution is 7.98. The molecule has 0 aliphatic rings. The third-order valence-electron chi connectivity index (χ3n) is 2.16. The van der Waals surface area contributed by atoms with Gasteiger partial charge in [-0.15, -0.1) is 11.6 Å². The molecule has 1 nitrogen and oxygen atoms in total. The zero-order chi connectivity index (χ0) is 10.5. The van der Waals surface area contributed by atoms with Crippen molar-refractivity contribution in [2.45, 2.75) is 5.75 Å². The number of pyridine rings is 1. The third kappa shape index (κ3) is 2.86. The lowest BCUT2D eigenvalue weighted by Crippen LogP contribution is -1.85. The van der Waals surface area contributed by atoms with Crippen LogP contribution in [0.25, 0.3) is 10.9 Å². The molecular formula is C12H12ClNS. The molecule has 1 heterocycles. The topological polar surface area (TPSA) is 12.9 Å². The molecule has 0 radical (unpaired) electrons. The molecule has 0 aliphatic heterocycles. The lowest BCUT2D eigenvalue weighted by molar-refractivity contribution is 1.37. The number of hydrogen-bond donors (Lipinski definition) is 0. The molecule has 0 atom stereocenters. The van der Waals surface area contributed by atoms with E-state index in [9.17, 15) is 0 Å². The summed E-state index contributed by atoms with van der Waals surface area (Å²) >= 11 is 7.49. The van der Waals surface area contributed by atoms with E-state index in [1.54, 1.807) is 0 Å². The highest BCUT2D eigenvalue weighted by Gasteiger charge is 1.97. The molecule has 0 saturated heterocycles. The summed E-state index contributed by atoms with van der Waals surface area (Å²) in [5.41, 5.74) is 2.40. The molecule has 0 unspecified atom stereocenters. The Kier molecular flexibility index (Phi) is 3.87. The minimum Gasteiger partial charge on any atom is -0.256 e. The quantitative estimate of drug-likeness (QED) is 0.594. The van der Waals surface area contributed by atoms with Gasteiger partial charge in [-0.25, -0.2) is 0 Å². The van der Waals surface area contributed by atoms with Gasteiger partial charge in [0.05, 0.1) is 5.52 Å². The van der Waals surface area contributed by atoms with E-state index < -0.39 is 0 Å². The van der Waals surface area contributed by atoms with E-state index in [-0.39, 0.29) is 0 Å². The van der Waals surface area contributed by atoms with Crippen molar-refractivity contribution in [1.29, 1.82) is 0 Å². The predicted octanol–water partition coefficient (Wildman–Crippen LogP) is 3.71. The number of thioether (sulfide) groups is 1. The van der Waals surface area contributed by atoms with Gasteiger partial charge in [0.1, 0.15) is 0 Å². The van der Waals surface area contributed by atoms with Gasteiger partial charge >= 0.3 is 0 Å². The van der Waals surface area contributed by atoms with E-state index in [0.717, 1.165) is 22.9 Å². The number of benzene rings is 1. The molecule has 0 saturated carbocycles. The van der Waals surface area contributed by atoms with Gasteiger partial charge in [-0.05, 0) is 23.8 Å². The Labute approximate surface area is 98.9 Å². The number of hydrogen-bond acceptors (Lipinski definition) is 2. The maximum atomic E-state index is 5.63. The predicted molar refractivity (Wildman–Crippen MR) is 68.6 cm³/mol. The van der Waals surface area contributed by atoms with Gasteiger partial charge < -0.3 is 0 Å². The summed E-state index contributed by atoms with van der Waals surface area (Å²) < 4.78 is 0. The number of halogens is 1. The maximum Gasteiger partial charge on any atom is 0.0702 e. The Morgan fingerprint density at radius 2 is 2.20 bits per heavy atom. The summed E-state index contributed by atoms with van der Waals surface area (Å²) in [5.74, 6) is 2.75. The van der Waals surface area contributed by atoms with Gasteiger partial charge in [-0.2, -0.15) is 11.8 Å². The highest BCUT2D eigenvalue weighted by atomic mass is 35.5. The smallest absolute Gasteiger partial charge is 0.0702 e. The fraction of sp³-hybridized carbons (Fsp3) is 0.250. The van der Waals surface area contributed by atoms with Crippen LogP contribution in [0.15, 0.2) is 36.5 Å². The average Bonchev–Trinajstić information content (AvgIpc) is 2.29. The molecule has 3 heteroatoms. The van der Waals surface area contributed by atoms with Crippen molar-refractivity contribution in [2.75, 3.05) is 11.6 Å². The Morgan fingerprint density at radius 3 is 3.07 bits per heavy atom. The second-order valence-electron chi connectivity index (χ2n) is 3.27. The number of fused-ring (bicyclic) bond motifs is 1. The number of rotatable bonds is 4. The molecule has 2 rings (SSSR count). The largest absolute Gasteiger partial charge is 0.256 e. The molecule has 15 heavy (non-hydrogen) atoms. The first-order valence-electron chi connectivity index (χ1n) is 4.87. The zero-order valence-corrected chi connectivity index (χ0v) is 9.89. The zero-order valence-electron chi connectivity index (χ0n) is 8.32. The summed E-state index contributed by atoms with van der Waals surface area (Å²) in [6, 6.07) is 10.5. The molecule has 0 amide bonds. The molecule has 0 bridgehead atoms. The van der Waals surface area contributed by atoms with Crippen LogP contribution in [0.2, 0.25) is 0 Å². The van der Waals surface area contributed by atoms with Gasteiger partial charge in [0.2, 0.25) is 0 Å². The molecular weight excluding hydrogens is 226 g/mol. The van der Waals surface area contributed by atoms with Gasteiger partial charge in [0.25, 0.3) is 0 Å². The van der Waals surface area contributed by atoms with Crippen LogP contribution in [-0.2, 0) is 5.75 Å². The van der Waals surface area contributed by atoms with E-state index in [4.69, 9.17) is 11.6 Å².